The quantitative estimate of drug-likeness (QED) is 0.664. The van der Waals surface area contributed by atoms with E-state index in [9.17, 15) is 0 Å². The minimum atomic E-state index is 0.597. The average molecular weight is 264 g/mol. The molecule has 2 heterocycles. The largest absolute Gasteiger partial charge is 0.385 e. The Morgan fingerprint density at radius 1 is 1.50 bits per heavy atom. The maximum absolute atomic E-state index is 5.18. The Bertz CT molecular complexity index is 575. The van der Waals surface area contributed by atoms with E-state index in [1.807, 2.05) is 19.3 Å². The van der Waals surface area contributed by atoms with E-state index in [-0.39, 0.29) is 0 Å². The van der Waals surface area contributed by atoms with Gasteiger partial charge in [0, 0.05) is 38.9 Å². The van der Waals surface area contributed by atoms with Gasteiger partial charge in [0.25, 0.3) is 0 Å². The first kappa shape index (κ1) is 12.9. The second-order valence-corrected chi connectivity index (χ2v) is 4.50. The smallest absolute Gasteiger partial charge is 0.130 e. The molecule has 96 valence electrons. The van der Waals surface area contributed by atoms with Gasteiger partial charge in [0.15, 0.2) is 0 Å². The van der Waals surface area contributed by atoms with Gasteiger partial charge in [-0.2, -0.15) is 5.10 Å². The predicted molar refractivity (Wildman–Crippen MR) is 71.8 cm³/mol. The Balaban J connectivity index is 2.24. The topological polar surface area (TPSA) is 55.7 Å². The molecule has 0 aliphatic rings. The second kappa shape index (κ2) is 5.88. The Labute approximate surface area is 111 Å². The van der Waals surface area contributed by atoms with Crippen molar-refractivity contribution in [2.45, 2.75) is 12.8 Å². The van der Waals surface area contributed by atoms with Crippen LogP contribution in [0.2, 0.25) is 0 Å². The molecule has 2 rings (SSSR count). The van der Waals surface area contributed by atoms with Crippen molar-refractivity contribution in [1.29, 1.82) is 0 Å². The molecule has 0 amide bonds. The van der Waals surface area contributed by atoms with Gasteiger partial charge in [0.2, 0.25) is 0 Å². The van der Waals surface area contributed by atoms with Gasteiger partial charge in [-0.1, -0.05) is 12.2 Å². The third-order valence-corrected chi connectivity index (χ3v) is 2.78. The zero-order chi connectivity index (χ0) is 13.0. The number of H-pyrrole nitrogens is 1. The van der Waals surface area contributed by atoms with E-state index in [1.54, 1.807) is 18.0 Å². The molecule has 6 heteroatoms. The Kier molecular flexibility index (Phi) is 4.22. The Morgan fingerprint density at radius 2 is 2.33 bits per heavy atom. The van der Waals surface area contributed by atoms with Crippen LogP contribution in [0.5, 0.6) is 0 Å². The van der Waals surface area contributed by atoms with Crippen LogP contribution in [-0.4, -0.2) is 33.5 Å². The summed E-state index contributed by atoms with van der Waals surface area (Å²) in [6, 6.07) is 1.85. The number of aryl methyl sites for hydroxylation is 2. The Morgan fingerprint density at radius 3 is 3.00 bits per heavy atom. The monoisotopic (exact) mass is 264 g/mol. The molecule has 5 nitrogen and oxygen atoms in total. The van der Waals surface area contributed by atoms with Gasteiger partial charge in [-0.25, -0.2) is 4.98 Å². The van der Waals surface area contributed by atoms with Gasteiger partial charge >= 0.3 is 0 Å². The molecule has 1 N–H and O–H groups in total. The molecule has 2 aromatic heterocycles. The summed E-state index contributed by atoms with van der Waals surface area (Å²) in [6.07, 6.45) is 5.50. The first-order chi connectivity index (χ1) is 8.69. The number of hydrogen-bond acceptors (Lipinski definition) is 4. The molecule has 0 atom stereocenters. The zero-order valence-corrected chi connectivity index (χ0v) is 11.3. The maximum atomic E-state index is 5.18. The molecule has 0 radical (unpaired) electrons. The second-order valence-electron chi connectivity index (χ2n) is 4.08. The van der Waals surface area contributed by atoms with E-state index in [2.05, 4.69) is 15.1 Å². The fourth-order valence-electron chi connectivity index (χ4n) is 1.73. The highest BCUT2D eigenvalue weighted by Gasteiger charge is 2.04. The van der Waals surface area contributed by atoms with E-state index < -0.39 is 0 Å². The Hall–Kier alpha value is -1.53. The van der Waals surface area contributed by atoms with Crippen molar-refractivity contribution in [2.75, 3.05) is 13.7 Å². The molecule has 0 saturated carbocycles. The molecular weight excluding hydrogens is 248 g/mol. The standard InChI is InChI=1S/C12H16N4OS/c1-16-8-9(7-13-16)10-6-12(18)15-11(14-10)4-3-5-17-2/h6-8H,3-5H2,1-2H3,(H,14,15,18). The molecule has 0 spiro atoms. The average Bonchev–Trinajstić information content (AvgIpc) is 2.76. The number of aromatic amines is 1. The SMILES string of the molecule is COCCCc1nc(=S)cc(-c2cnn(C)c2)[nH]1. The summed E-state index contributed by atoms with van der Waals surface area (Å²) in [5.41, 5.74) is 1.97. The first-order valence-corrected chi connectivity index (χ1v) is 6.18. The summed E-state index contributed by atoms with van der Waals surface area (Å²) >= 11 is 5.18. The highest BCUT2D eigenvalue weighted by molar-refractivity contribution is 7.71. The molecule has 0 aliphatic heterocycles. The lowest BCUT2D eigenvalue weighted by atomic mass is 10.2. The molecular formula is C12H16N4OS. The fourth-order valence-corrected chi connectivity index (χ4v) is 1.95. The van der Waals surface area contributed by atoms with Crippen LogP contribution < -0.4 is 0 Å². The van der Waals surface area contributed by atoms with Crippen molar-refractivity contribution in [3.8, 4) is 11.3 Å². The van der Waals surface area contributed by atoms with Crippen LogP contribution in [0.25, 0.3) is 11.3 Å². The minimum absolute atomic E-state index is 0.597. The molecule has 0 fully saturated rings. The predicted octanol–water partition coefficient (Wildman–Crippen LogP) is 2.12. The molecule has 0 unspecified atom stereocenters. The first-order valence-electron chi connectivity index (χ1n) is 5.77. The zero-order valence-electron chi connectivity index (χ0n) is 10.5. The van der Waals surface area contributed by atoms with Crippen LogP contribution in [0.1, 0.15) is 12.2 Å². The summed E-state index contributed by atoms with van der Waals surface area (Å²) in [5.74, 6) is 0.887. The lowest BCUT2D eigenvalue weighted by Gasteiger charge is -2.04. The number of ether oxygens (including phenoxy) is 1. The van der Waals surface area contributed by atoms with Gasteiger partial charge in [0.05, 0.1) is 11.9 Å². The van der Waals surface area contributed by atoms with Gasteiger partial charge < -0.3 is 9.72 Å². The van der Waals surface area contributed by atoms with Crippen molar-refractivity contribution < 1.29 is 4.74 Å². The number of rotatable bonds is 5. The van der Waals surface area contributed by atoms with Crippen LogP contribution in [0.15, 0.2) is 18.5 Å². The van der Waals surface area contributed by atoms with Gasteiger partial charge in [0.1, 0.15) is 10.5 Å². The summed E-state index contributed by atoms with van der Waals surface area (Å²) in [6.45, 7) is 0.722. The summed E-state index contributed by atoms with van der Waals surface area (Å²) in [7, 11) is 3.58. The number of aromatic nitrogens is 4. The van der Waals surface area contributed by atoms with Crippen LogP contribution in [-0.2, 0) is 18.2 Å². The number of nitrogens with one attached hydrogen (secondary N) is 1. The van der Waals surface area contributed by atoms with E-state index in [4.69, 9.17) is 17.0 Å². The minimum Gasteiger partial charge on any atom is -0.385 e. The normalized spacial score (nSPS) is 10.8. The van der Waals surface area contributed by atoms with Gasteiger partial charge in [-0.3, -0.25) is 4.68 Å². The highest BCUT2D eigenvalue weighted by atomic mass is 32.1. The fraction of sp³-hybridized carbons (Fsp3) is 0.417. The summed E-state index contributed by atoms with van der Waals surface area (Å²) < 4.78 is 7.39. The third-order valence-electron chi connectivity index (χ3n) is 2.57. The number of nitrogens with zero attached hydrogens (tertiary/aromatic N) is 3. The number of methoxy groups -OCH3 is 1. The van der Waals surface area contributed by atoms with Crippen LogP contribution >= 0.6 is 12.2 Å². The lowest BCUT2D eigenvalue weighted by Crippen LogP contribution is -2.00. The molecule has 0 saturated heterocycles. The number of hydrogen-bond donors (Lipinski definition) is 1. The summed E-state index contributed by atoms with van der Waals surface area (Å²) in [5, 5.41) is 4.15. The van der Waals surface area contributed by atoms with E-state index >= 15 is 0 Å². The molecule has 2 aromatic rings. The third kappa shape index (κ3) is 3.24. The van der Waals surface area contributed by atoms with Gasteiger partial charge in [-0.15, -0.1) is 0 Å². The molecule has 0 bridgehead atoms. The van der Waals surface area contributed by atoms with Crippen molar-refractivity contribution in [2.24, 2.45) is 7.05 Å². The van der Waals surface area contributed by atoms with Crippen molar-refractivity contribution in [3.05, 3.63) is 28.9 Å². The molecule has 0 aliphatic carbocycles. The van der Waals surface area contributed by atoms with Crippen molar-refractivity contribution in [3.63, 3.8) is 0 Å². The van der Waals surface area contributed by atoms with E-state index in [0.717, 1.165) is 36.5 Å². The molecule has 0 aromatic carbocycles. The molecule has 18 heavy (non-hydrogen) atoms. The van der Waals surface area contributed by atoms with Crippen molar-refractivity contribution in [1.82, 2.24) is 19.7 Å². The van der Waals surface area contributed by atoms with Crippen LogP contribution in [0.3, 0.4) is 0 Å². The summed E-state index contributed by atoms with van der Waals surface area (Å²) in [4.78, 5) is 7.60. The van der Waals surface area contributed by atoms with E-state index in [0.29, 0.717) is 4.64 Å². The van der Waals surface area contributed by atoms with Crippen LogP contribution in [0, 0.1) is 4.64 Å². The lowest BCUT2D eigenvalue weighted by molar-refractivity contribution is 0.194. The van der Waals surface area contributed by atoms with Crippen molar-refractivity contribution >= 4 is 12.2 Å². The highest BCUT2D eigenvalue weighted by Crippen LogP contribution is 2.16. The maximum Gasteiger partial charge on any atom is 0.130 e. The van der Waals surface area contributed by atoms with Crippen LogP contribution in [0.4, 0.5) is 0 Å². The van der Waals surface area contributed by atoms with Gasteiger partial charge in [-0.05, 0) is 12.5 Å². The van der Waals surface area contributed by atoms with E-state index in [1.165, 1.54) is 0 Å².